The van der Waals surface area contributed by atoms with Gasteiger partial charge in [0, 0.05) is 9.64 Å². The van der Waals surface area contributed by atoms with Crippen LogP contribution in [0.4, 0.5) is 0 Å². The van der Waals surface area contributed by atoms with Crippen LogP contribution in [-0.2, 0) is 0 Å². The van der Waals surface area contributed by atoms with Crippen molar-refractivity contribution >= 4 is 56.2 Å². The number of nitrogens with zero attached hydrogens (tertiary/aromatic N) is 1. The van der Waals surface area contributed by atoms with Gasteiger partial charge in [-0.25, -0.2) is 4.98 Å². The Balaban J connectivity index is 2.24. The Hall–Kier alpha value is -1.03. The molecular weight excluding hydrogens is 470 g/mol. The summed E-state index contributed by atoms with van der Waals surface area (Å²) in [4.78, 5) is 7.54. The van der Waals surface area contributed by atoms with Gasteiger partial charge in [-0.1, -0.05) is 0 Å². The van der Waals surface area contributed by atoms with E-state index in [2.05, 4.69) is 55.1 Å². The number of hydrogen-bond donors (Lipinski definition) is 3. The minimum atomic E-state index is 0.184. The average Bonchev–Trinajstić information content (AvgIpc) is 2.76. The summed E-state index contributed by atoms with van der Waals surface area (Å²) in [6.45, 7) is 0. The minimum Gasteiger partial charge on any atom is -0.508 e. The summed E-state index contributed by atoms with van der Waals surface area (Å²) in [7, 11) is 0. The van der Waals surface area contributed by atoms with E-state index in [0.717, 1.165) is 18.2 Å². The molecule has 1 aromatic heterocycles. The lowest BCUT2D eigenvalue weighted by molar-refractivity contribution is 0.473. The number of H-pyrrole nitrogens is 1. The third-order valence-electron chi connectivity index (χ3n) is 2.75. The highest BCUT2D eigenvalue weighted by molar-refractivity contribution is 14.1. The van der Waals surface area contributed by atoms with Crippen LogP contribution >= 0.6 is 45.2 Å². The van der Waals surface area contributed by atoms with E-state index >= 15 is 0 Å². The maximum Gasteiger partial charge on any atom is 0.142 e. The third kappa shape index (κ3) is 2.38. The van der Waals surface area contributed by atoms with E-state index < -0.39 is 0 Å². The minimum absolute atomic E-state index is 0.184. The predicted molar refractivity (Wildman–Crippen MR) is 90.3 cm³/mol. The fourth-order valence-electron chi connectivity index (χ4n) is 1.87. The quantitative estimate of drug-likeness (QED) is 0.466. The van der Waals surface area contributed by atoms with Gasteiger partial charge in [-0.05, 0) is 69.4 Å². The van der Waals surface area contributed by atoms with Crippen LogP contribution in [0.5, 0.6) is 11.5 Å². The summed E-state index contributed by atoms with van der Waals surface area (Å²) >= 11 is 4.29. The molecule has 0 aliphatic heterocycles. The lowest BCUT2D eigenvalue weighted by atomic mass is 10.2. The number of fused-ring (bicyclic) bond motifs is 1. The van der Waals surface area contributed by atoms with Crippen LogP contribution < -0.4 is 0 Å². The Bertz CT molecular complexity index is 784. The normalized spacial score (nSPS) is 11.1. The molecule has 0 fully saturated rings. The van der Waals surface area contributed by atoms with Gasteiger partial charge in [0.2, 0.25) is 0 Å². The highest BCUT2D eigenvalue weighted by Gasteiger charge is 2.13. The average molecular weight is 478 g/mol. The molecule has 0 unspecified atom stereocenters. The SMILES string of the molecule is Oc1ccc2nc(-c3cc(I)cc(I)c3O)[nH]c2c1. The maximum absolute atomic E-state index is 10.1. The summed E-state index contributed by atoms with van der Waals surface area (Å²) in [5.74, 6) is 0.989. The van der Waals surface area contributed by atoms with Crippen molar-refractivity contribution < 1.29 is 10.2 Å². The van der Waals surface area contributed by atoms with Crippen molar-refractivity contribution in [3.8, 4) is 22.9 Å². The van der Waals surface area contributed by atoms with Crippen LogP contribution in [0, 0.1) is 7.14 Å². The predicted octanol–water partition coefficient (Wildman–Crippen LogP) is 3.85. The second-order valence-corrected chi connectivity index (χ2v) is 6.48. The summed E-state index contributed by atoms with van der Waals surface area (Å²) in [5.41, 5.74) is 2.15. The van der Waals surface area contributed by atoms with E-state index in [-0.39, 0.29) is 11.5 Å². The van der Waals surface area contributed by atoms with Gasteiger partial charge in [0.1, 0.15) is 17.3 Å². The number of phenols is 2. The molecule has 0 bridgehead atoms. The van der Waals surface area contributed by atoms with Crippen LogP contribution in [0.25, 0.3) is 22.4 Å². The second kappa shape index (κ2) is 4.82. The number of hydrogen-bond acceptors (Lipinski definition) is 3. The number of phenolic OH excluding ortho intramolecular Hbond substituents is 2. The lowest BCUT2D eigenvalue weighted by Crippen LogP contribution is -1.86. The van der Waals surface area contributed by atoms with Crippen molar-refractivity contribution in [2.24, 2.45) is 0 Å². The molecule has 3 rings (SSSR count). The Morgan fingerprint density at radius 3 is 2.63 bits per heavy atom. The Morgan fingerprint density at radius 1 is 1.05 bits per heavy atom. The maximum atomic E-state index is 10.1. The number of halogens is 2. The van der Waals surface area contributed by atoms with Gasteiger partial charge < -0.3 is 15.2 Å². The summed E-state index contributed by atoms with van der Waals surface area (Å²) in [6, 6.07) is 8.71. The fourth-order valence-corrected chi connectivity index (χ4v) is 3.72. The van der Waals surface area contributed by atoms with Crippen molar-refractivity contribution in [3.63, 3.8) is 0 Å². The molecule has 0 saturated carbocycles. The van der Waals surface area contributed by atoms with Crippen LogP contribution in [-0.4, -0.2) is 20.2 Å². The molecule has 0 amide bonds. The number of imidazole rings is 1. The molecule has 4 nitrogen and oxygen atoms in total. The van der Waals surface area contributed by atoms with E-state index in [1.54, 1.807) is 18.2 Å². The molecule has 0 radical (unpaired) electrons. The summed E-state index contributed by atoms with van der Waals surface area (Å²) in [6.07, 6.45) is 0. The Morgan fingerprint density at radius 2 is 1.84 bits per heavy atom. The van der Waals surface area contributed by atoms with Gasteiger partial charge in [0.05, 0.1) is 20.2 Å². The lowest BCUT2D eigenvalue weighted by Gasteiger charge is -2.04. The van der Waals surface area contributed by atoms with Crippen molar-refractivity contribution in [2.45, 2.75) is 0 Å². The van der Waals surface area contributed by atoms with Crippen LogP contribution in [0.1, 0.15) is 0 Å². The van der Waals surface area contributed by atoms with E-state index in [0.29, 0.717) is 11.4 Å². The first kappa shape index (κ1) is 13.0. The van der Waals surface area contributed by atoms with E-state index in [4.69, 9.17) is 0 Å². The molecule has 0 aliphatic rings. The van der Waals surface area contributed by atoms with Crippen LogP contribution in [0.2, 0.25) is 0 Å². The molecule has 3 aromatic rings. The summed E-state index contributed by atoms with van der Waals surface area (Å²) in [5, 5.41) is 19.6. The first-order chi connectivity index (χ1) is 9.04. The van der Waals surface area contributed by atoms with Gasteiger partial charge in [-0.15, -0.1) is 0 Å². The zero-order chi connectivity index (χ0) is 13.6. The molecule has 1 heterocycles. The summed E-state index contributed by atoms with van der Waals surface area (Å²) < 4.78 is 1.81. The highest BCUT2D eigenvalue weighted by atomic mass is 127. The van der Waals surface area contributed by atoms with Crippen molar-refractivity contribution in [3.05, 3.63) is 37.5 Å². The number of aromatic amines is 1. The Labute approximate surface area is 136 Å². The molecule has 0 atom stereocenters. The fraction of sp³-hybridized carbons (Fsp3) is 0. The molecule has 0 saturated heterocycles. The third-order valence-corrected chi connectivity index (χ3v) is 4.19. The monoisotopic (exact) mass is 478 g/mol. The topological polar surface area (TPSA) is 69.1 Å². The van der Waals surface area contributed by atoms with E-state index in [1.165, 1.54) is 0 Å². The largest absolute Gasteiger partial charge is 0.508 e. The van der Waals surface area contributed by atoms with E-state index in [9.17, 15) is 10.2 Å². The molecule has 19 heavy (non-hydrogen) atoms. The molecule has 0 spiro atoms. The number of rotatable bonds is 1. The van der Waals surface area contributed by atoms with E-state index in [1.807, 2.05) is 12.1 Å². The molecular formula is C13H8I2N2O2. The van der Waals surface area contributed by atoms with Crippen LogP contribution in [0.15, 0.2) is 30.3 Å². The molecule has 6 heteroatoms. The zero-order valence-corrected chi connectivity index (χ0v) is 13.8. The first-order valence-electron chi connectivity index (χ1n) is 5.42. The number of nitrogens with one attached hydrogen (secondary N) is 1. The standard InChI is InChI=1S/C13H8I2N2O2/c14-6-3-8(12(19)9(15)4-6)13-16-10-2-1-7(18)5-11(10)17-13/h1-5,18-19H,(H,16,17). The van der Waals surface area contributed by atoms with Crippen molar-refractivity contribution in [1.82, 2.24) is 9.97 Å². The van der Waals surface area contributed by atoms with Gasteiger partial charge in [-0.2, -0.15) is 0 Å². The molecule has 3 N–H and O–H groups in total. The van der Waals surface area contributed by atoms with Gasteiger partial charge in [-0.3, -0.25) is 0 Å². The van der Waals surface area contributed by atoms with Gasteiger partial charge in [0.25, 0.3) is 0 Å². The van der Waals surface area contributed by atoms with Gasteiger partial charge in [0.15, 0.2) is 0 Å². The molecule has 2 aromatic carbocycles. The smallest absolute Gasteiger partial charge is 0.142 e. The van der Waals surface area contributed by atoms with Crippen LogP contribution in [0.3, 0.4) is 0 Å². The number of benzene rings is 2. The Kier molecular flexibility index (Phi) is 3.29. The first-order valence-corrected chi connectivity index (χ1v) is 7.57. The molecule has 0 aliphatic carbocycles. The zero-order valence-electron chi connectivity index (χ0n) is 9.48. The molecule has 96 valence electrons. The highest BCUT2D eigenvalue weighted by Crippen LogP contribution is 2.34. The second-order valence-electron chi connectivity index (χ2n) is 4.07. The van der Waals surface area contributed by atoms with Crippen molar-refractivity contribution in [1.29, 1.82) is 0 Å². The van der Waals surface area contributed by atoms with Crippen molar-refractivity contribution in [2.75, 3.05) is 0 Å². The number of aromatic nitrogens is 2. The van der Waals surface area contributed by atoms with Gasteiger partial charge >= 0.3 is 0 Å². The number of aromatic hydroxyl groups is 2.